The van der Waals surface area contributed by atoms with Crippen LogP contribution in [0.5, 0.6) is 0 Å². The SMILES string of the molecule is CCC1CNC(C(C)(C)C)CN1C(C)c1ccsc1. The second kappa shape index (κ2) is 5.94. The summed E-state index contributed by atoms with van der Waals surface area (Å²) in [5.74, 6) is 0. The minimum Gasteiger partial charge on any atom is -0.311 e. The molecule has 1 fully saturated rings. The van der Waals surface area contributed by atoms with Crippen molar-refractivity contribution in [2.24, 2.45) is 5.41 Å². The van der Waals surface area contributed by atoms with E-state index in [1.54, 1.807) is 11.3 Å². The molecule has 19 heavy (non-hydrogen) atoms. The zero-order chi connectivity index (χ0) is 14.0. The number of hydrogen-bond donors (Lipinski definition) is 1. The van der Waals surface area contributed by atoms with E-state index in [1.165, 1.54) is 12.0 Å². The van der Waals surface area contributed by atoms with Gasteiger partial charge in [0.15, 0.2) is 0 Å². The number of hydrogen-bond acceptors (Lipinski definition) is 3. The summed E-state index contributed by atoms with van der Waals surface area (Å²) in [7, 11) is 0. The lowest BCUT2D eigenvalue weighted by molar-refractivity contribution is 0.0532. The fraction of sp³-hybridized carbons (Fsp3) is 0.750. The molecule has 3 atom stereocenters. The first-order valence-electron chi connectivity index (χ1n) is 7.44. The van der Waals surface area contributed by atoms with E-state index in [2.05, 4.69) is 61.7 Å². The van der Waals surface area contributed by atoms with Gasteiger partial charge in [0.2, 0.25) is 0 Å². The normalized spacial score (nSPS) is 27.4. The molecule has 0 radical (unpaired) electrons. The Kier molecular flexibility index (Phi) is 4.70. The van der Waals surface area contributed by atoms with E-state index in [-0.39, 0.29) is 0 Å². The summed E-state index contributed by atoms with van der Waals surface area (Å²) in [5.41, 5.74) is 1.80. The molecule has 0 aromatic carbocycles. The number of nitrogens with zero attached hydrogens (tertiary/aromatic N) is 1. The number of rotatable bonds is 3. The van der Waals surface area contributed by atoms with E-state index in [4.69, 9.17) is 0 Å². The highest BCUT2D eigenvalue weighted by atomic mass is 32.1. The van der Waals surface area contributed by atoms with E-state index in [0.29, 0.717) is 23.5 Å². The van der Waals surface area contributed by atoms with Crippen LogP contribution in [0.15, 0.2) is 16.8 Å². The van der Waals surface area contributed by atoms with Gasteiger partial charge in [-0.25, -0.2) is 0 Å². The highest BCUT2D eigenvalue weighted by Gasteiger charge is 2.35. The van der Waals surface area contributed by atoms with Gasteiger partial charge in [0, 0.05) is 31.2 Å². The molecular formula is C16H28N2S. The lowest BCUT2D eigenvalue weighted by Gasteiger charge is -2.47. The third kappa shape index (κ3) is 3.39. The average molecular weight is 280 g/mol. The Hall–Kier alpha value is -0.380. The molecular weight excluding hydrogens is 252 g/mol. The first-order valence-corrected chi connectivity index (χ1v) is 8.39. The quantitative estimate of drug-likeness (QED) is 0.903. The average Bonchev–Trinajstić information content (AvgIpc) is 2.90. The molecule has 1 aromatic heterocycles. The van der Waals surface area contributed by atoms with Crippen LogP contribution in [0.3, 0.4) is 0 Å². The minimum atomic E-state index is 0.325. The molecule has 1 aliphatic rings. The first kappa shape index (κ1) is 15.0. The standard InChI is InChI=1S/C16H28N2S/c1-6-14-9-17-15(16(3,4)5)10-18(14)12(2)13-7-8-19-11-13/h7-8,11-12,14-15,17H,6,9-10H2,1-5H3. The van der Waals surface area contributed by atoms with Crippen LogP contribution in [-0.2, 0) is 0 Å². The lowest BCUT2D eigenvalue weighted by Crippen LogP contribution is -2.60. The Morgan fingerprint density at radius 1 is 1.47 bits per heavy atom. The molecule has 0 bridgehead atoms. The van der Waals surface area contributed by atoms with E-state index in [0.717, 1.165) is 13.1 Å². The molecule has 0 saturated carbocycles. The van der Waals surface area contributed by atoms with Crippen molar-refractivity contribution in [2.75, 3.05) is 13.1 Å². The lowest BCUT2D eigenvalue weighted by atomic mass is 9.84. The summed E-state index contributed by atoms with van der Waals surface area (Å²) < 4.78 is 0. The van der Waals surface area contributed by atoms with Gasteiger partial charge in [-0.15, -0.1) is 0 Å². The molecule has 1 N–H and O–H groups in total. The van der Waals surface area contributed by atoms with Crippen LogP contribution in [0.1, 0.15) is 52.6 Å². The second-order valence-corrected chi connectivity index (χ2v) is 7.60. The van der Waals surface area contributed by atoms with Crippen molar-refractivity contribution >= 4 is 11.3 Å². The van der Waals surface area contributed by atoms with Crippen molar-refractivity contribution in [1.82, 2.24) is 10.2 Å². The van der Waals surface area contributed by atoms with E-state index < -0.39 is 0 Å². The summed E-state index contributed by atoms with van der Waals surface area (Å²) in [4.78, 5) is 2.70. The van der Waals surface area contributed by atoms with Gasteiger partial charge in [0.05, 0.1) is 0 Å². The van der Waals surface area contributed by atoms with Gasteiger partial charge in [-0.05, 0) is 41.1 Å². The molecule has 2 nitrogen and oxygen atoms in total. The van der Waals surface area contributed by atoms with E-state index >= 15 is 0 Å². The summed E-state index contributed by atoms with van der Waals surface area (Å²) in [6, 6.07) is 4.05. The molecule has 3 unspecified atom stereocenters. The maximum absolute atomic E-state index is 3.75. The second-order valence-electron chi connectivity index (χ2n) is 6.82. The van der Waals surface area contributed by atoms with Crippen LogP contribution in [0.4, 0.5) is 0 Å². The van der Waals surface area contributed by atoms with Crippen molar-refractivity contribution in [3.8, 4) is 0 Å². The Labute approximate surface area is 122 Å². The third-order valence-corrected chi connectivity index (χ3v) is 5.20. The van der Waals surface area contributed by atoms with Crippen molar-refractivity contribution in [3.05, 3.63) is 22.4 Å². The van der Waals surface area contributed by atoms with Crippen LogP contribution >= 0.6 is 11.3 Å². The van der Waals surface area contributed by atoms with E-state index in [1.807, 2.05) is 0 Å². The van der Waals surface area contributed by atoms with Gasteiger partial charge in [0.1, 0.15) is 0 Å². The topological polar surface area (TPSA) is 15.3 Å². The van der Waals surface area contributed by atoms with Gasteiger partial charge in [-0.3, -0.25) is 4.90 Å². The van der Waals surface area contributed by atoms with Crippen molar-refractivity contribution in [1.29, 1.82) is 0 Å². The third-order valence-electron chi connectivity index (χ3n) is 4.50. The molecule has 3 heteroatoms. The number of piperazine rings is 1. The van der Waals surface area contributed by atoms with Crippen molar-refractivity contribution in [2.45, 2.75) is 59.2 Å². The fourth-order valence-electron chi connectivity index (χ4n) is 2.96. The molecule has 1 aliphatic heterocycles. The van der Waals surface area contributed by atoms with Gasteiger partial charge < -0.3 is 5.32 Å². The molecule has 0 amide bonds. The predicted octanol–water partition coefficient (Wildman–Crippen LogP) is 3.91. The Morgan fingerprint density at radius 3 is 2.74 bits per heavy atom. The van der Waals surface area contributed by atoms with Gasteiger partial charge in [-0.1, -0.05) is 27.7 Å². The van der Waals surface area contributed by atoms with Crippen molar-refractivity contribution < 1.29 is 0 Å². The summed E-state index contributed by atoms with van der Waals surface area (Å²) >= 11 is 1.80. The number of nitrogens with one attached hydrogen (secondary N) is 1. The van der Waals surface area contributed by atoms with Crippen LogP contribution < -0.4 is 5.32 Å². The Bertz CT molecular complexity index is 380. The van der Waals surface area contributed by atoms with Gasteiger partial charge in [-0.2, -0.15) is 11.3 Å². The maximum Gasteiger partial charge on any atom is 0.0332 e. The molecule has 1 saturated heterocycles. The van der Waals surface area contributed by atoms with Crippen LogP contribution in [0, 0.1) is 5.41 Å². The van der Waals surface area contributed by atoms with Crippen LogP contribution in [0.25, 0.3) is 0 Å². The van der Waals surface area contributed by atoms with Crippen molar-refractivity contribution in [3.63, 3.8) is 0 Å². The minimum absolute atomic E-state index is 0.325. The zero-order valence-corrected chi connectivity index (χ0v) is 13.8. The smallest absolute Gasteiger partial charge is 0.0332 e. The molecule has 1 aromatic rings. The maximum atomic E-state index is 3.75. The highest BCUT2D eigenvalue weighted by Crippen LogP contribution is 2.31. The predicted molar refractivity (Wildman–Crippen MR) is 84.8 cm³/mol. The van der Waals surface area contributed by atoms with Gasteiger partial charge >= 0.3 is 0 Å². The summed E-state index contributed by atoms with van der Waals surface area (Å²) in [5, 5.41) is 8.24. The zero-order valence-electron chi connectivity index (χ0n) is 12.9. The molecule has 108 valence electrons. The Balaban J connectivity index is 2.14. The fourth-order valence-corrected chi connectivity index (χ4v) is 3.70. The monoisotopic (exact) mass is 280 g/mol. The molecule has 2 heterocycles. The highest BCUT2D eigenvalue weighted by molar-refractivity contribution is 7.07. The van der Waals surface area contributed by atoms with Crippen LogP contribution in [-0.4, -0.2) is 30.1 Å². The Morgan fingerprint density at radius 2 is 2.21 bits per heavy atom. The van der Waals surface area contributed by atoms with Crippen LogP contribution in [0.2, 0.25) is 0 Å². The number of thiophene rings is 1. The summed E-state index contributed by atoms with van der Waals surface area (Å²) in [6.45, 7) is 13.9. The van der Waals surface area contributed by atoms with Gasteiger partial charge in [0.25, 0.3) is 0 Å². The molecule has 2 rings (SSSR count). The van der Waals surface area contributed by atoms with E-state index in [9.17, 15) is 0 Å². The molecule has 0 aliphatic carbocycles. The first-order chi connectivity index (χ1) is 8.93. The largest absolute Gasteiger partial charge is 0.311 e. The summed E-state index contributed by atoms with van der Waals surface area (Å²) in [6.07, 6.45) is 1.22. The molecule has 0 spiro atoms.